The Morgan fingerprint density at radius 1 is 1.44 bits per heavy atom. The second-order valence-corrected chi connectivity index (χ2v) is 4.19. The number of amides is 1. The van der Waals surface area contributed by atoms with Crippen LogP contribution < -0.4 is 0 Å². The van der Waals surface area contributed by atoms with E-state index in [0.29, 0.717) is 6.10 Å². The number of nitrogens with zero attached hydrogens (tertiary/aromatic N) is 1. The lowest BCUT2D eigenvalue weighted by molar-refractivity contribution is 0.0792. The maximum absolute atomic E-state index is 11.9. The van der Waals surface area contributed by atoms with E-state index in [4.69, 9.17) is 4.74 Å². The van der Waals surface area contributed by atoms with E-state index in [1.807, 2.05) is 37.4 Å². The summed E-state index contributed by atoms with van der Waals surface area (Å²) >= 11 is 0. The average Bonchev–Trinajstić information content (AvgIpc) is 3.13. The molecule has 0 aliphatic carbocycles. The van der Waals surface area contributed by atoms with Crippen LogP contribution in [-0.2, 0) is 4.74 Å². The van der Waals surface area contributed by atoms with Gasteiger partial charge in [-0.05, 0) is 25.0 Å². The fourth-order valence-corrected chi connectivity index (χ4v) is 1.69. The molecule has 0 spiro atoms. The fourth-order valence-electron chi connectivity index (χ4n) is 1.69. The van der Waals surface area contributed by atoms with Crippen LogP contribution in [0.1, 0.15) is 23.2 Å². The van der Waals surface area contributed by atoms with E-state index in [1.54, 1.807) is 4.90 Å². The van der Waals surface area contributed by atoms with Crippen molar-refractivity contribution in [2.45, 2.75) is 18.9 Å². The minimum Gasteiger partial charge on any atom is -0.373 e. The van der Waals surface area contributed by atoms with Crippen LogP contribution in [0.4, 0.5) is 0 Å². The number of ether oxygens (including phenoxy) is 1. The molecule has 1 atom stereocenters. The van der Waals surface area contributed by atoms with Crippen molar-refractivity contribution in [1.29, 1.82) is 0 Å². The quantitative estimate of drug-likeness (QED) is 0.709. The highest BCUT2D eigenvalue weighted by molar-refractivity contribution is 5.93. The zero-order valence-electron chi connectivity index (χ0n) is 9.56. The first-order valence-corrected chi connectivity index (χ1v) is 5.69. The molecular formula is C13H17NO2. The van der Waals surface area contributed by atoms with E-state index in [9.17, 15) is 4.79 Å². The molecule has 2 rings (SSSR count). The average molecular weight is 219 g/mol. The van der Waals surface area contributed by atoms with Crippen LogP contribution in [0.2, 0.25) is 0 Å². The first kappa shape index (κ1) is 11.1. The Morgan fingerprint density at radius 2 is 2.12 bits per heavy atom. The van der Waals surface area contributed by atoms with Gasteiger partial charge in [-0.1, -0.05) is 18.2 Å². The Bertz CT molecular complexity index is 346. The van der Waals surface area contributed by atoms with Gasteiger partial charge in [0.05, 0.1) is 12.7 Å². The summed E-state index contributed by atoms with van der Waals surface area (Å²) < 4.78 is 5.13. The van der Waals surface area contributed by atoms with Crippen LogP contribution in [0.25, 0.3) is 0 Å². The molecule has 3 heteroatoms. The Hall–Kier alpha value is -1.35. The molecule has 1 aliphatic heterocycles. The van der Waals surface area contributed by atoms with Gasteiger partial charge in [0, 0.05) is 19.2 Å². The van der Waals surface area contributed by atoms with Crippen LogP contribution in [0.5, 0.6) is 0 Å². The molecule has 1 aromatic rings. The third-order valence-corrected chi connectivity index (χ3v) is 2.79. The molecule has 0 N–H and O–H groups in total. The molecule has 1 fully saturated rings. The summed E-state index contributed by atoms with van der Waals surface area (Å²) in [7, 11) is 1.85. The first-order chi connectivity index (χ1) is 7.77. The molecule has 1 aromatic carbocycles. The van der Waals surface area contributed by atoms with Crippen LogP contribution in [0.3, 0.4) is 0 Å². The van der Waals surface area contributed by atoms with E-state index in [-0.39, 0.29) is 5.91 Å². The summed E-state index contributed by atoms with van der Waals surface area (Å²) in [5.41, 5.74) is 0.757. The van der Waals surface area contributed by atoms with Crippen molar-refractivity contribution in [2.24, 2.45) is 0 Å². The van der Waals surface area contributed by atoms with Gasteiger partial charge in [0.15, 0.2) is 0 Å². The van der Waals surface area contributed by atoms with Crippen molar-refractivity contribution in [2.75, 3.05) is 20.2 Å². The SMILES string of the molecule is CN(CCCC1CO1)C(=O)c1ccccc1. The second-order valence-electron chi connectivity index (χ2n) is 4.19. The van der Waals surface area contributed by atoms with Crippen molar-refractivity contribution >= 4 is 5.91 Å². The molecule has 1 aliphatic rings. The number of carbonyl (C=O) groups is 1. The molecule has 16 heavy (non-hydrogen) atoms. The summed E-state index contributed by atoms with van der Waals surface area (Å²) in [6.45, 7) is 1.70. The maximum Gasteiger partial charge on any atom is 0.253 e. The van der Waals surface area contributed by atoms with Gasteiger partial charge in [-0.3, -0.25) is 4.79 Å². The standard InChI is InChI=1S/C13H17NO2/c1-14(9-5-8-12-10-16-12)13(15)11-6-3-2-4-7-11/h2-4,6-7,12H,5,8-10H2,1H3. The van der Waals surface area contributed by atoms with Gasteiger partial charge < -0.3 is 9.64 Å². The van der Waals surface area contributed by atoms with Gasteiger partial charge >= 0.3 is 0 Å². The van der Waals surface area contributed by atoms with E-state index in [0.717, 1.165) is 31.6 Å². The highest BCUT2D eigenvalue weighted by Crippen LogP contribution is 2.15. The van der Waals surface area contributed by atoms with E-state index in [1.165, 1.54) is 0 Å². The molecular weight excluding hydrogens is 202 g/mol. The number of rotatable bonds is 5. The smallest absolute Gasteiger partial charge is 0.253 e. The van der Waals surface area contributed by atoms with Crippen LogP contribution in [0, 0.1) is 0 Å². The van der Waals surface area contributed by atoms with Crippen molar-refractivity contribution in [3.8, 4) is 0 Å². The lowest BCUT2D eigenvalue weighted by atomic mass is 10.2. The van der Waals surface area contributed by atoms with Crippen molar-refractivity contribution in [3.05, 3.63) is 35.9 Å². The summed E-state index contributed by atoms with van der Waals surface area (Å²) in [5, 5.41) is 0. The molecule has 1 saturated heterocycles. The van der Waals surface area contributed by atoms with Crippen molar-refractivity contribution in [1.82, 2.24) is 4.90 Å². The minimum atomic E-state index is 0.0947. The highest BCUT2D eigenvalue weighted by Gasteiger charge is 2.21. The monoisotopic (exact) mass is 219 g/mol. The molecule has 1 unspecified atom stereocenters. The lowest BCUT2D eigenvalue weighted by Gasteiger charge is -2.16. The van der Waals surface area contributed by atoms with Gasteiger partial charge in [-0.2, -0.15) is 0 Å². The van der Waals surface area contributed by atoms with Gasteiger partial charge in [0.1, 0.15) is 0 Å². The van der Waals surface area contributed by atoms with Crippen LogP contribution >= 0.6 is 0 Å². The zero-order chi connectivity index (χ0) is 11.4. The summed E-state index contributed by atoms with van der Waals surface area (Å²) in [6.07, 6.45) is 2.53. The Labute approximate surface area is 96.0 Å². The Kier molecular flexibility index (Phi) is 3.57. The predicted molar refractivity (Wildman–Crippen MR) is 62.4 cm³/mol. The maximum atomic E-state index is 11.9. The molecule has 0 radical (unpaired) electrons. The van der Waals surface area contributed by atoms with Crippen molar-refractivity contribution in [3.63, 3.8) is 0 Å². The molecule has 0 bridgehead atoms. The van der Waals surface area contributed by atoms with Crippen LogP contribution in [-0.4, -0.2) is 37.1 Å². The largest absolute Gasteiger partial charge is 0.373 e. The summed E-state index contributed by atoms with van der Waals surface area (Å²) in [5.74, 6) is 0.0947. The van der Waals surface area contributed by atoms with E-state index >= 15 is 0 Å². The number of hydrogen-bond donors (Lipinski definition) is 0. The van der Waals surface area contributed by atoms with Gasteiger partial charge in [0.2, 0.25) is 0 Å². The number of benzene rings is 1. The molecule has 1 amide bonds. The molecule has 0 saturated carbocycles. The third-order valence-electron chi connectivity index (χ3n) is 2.79. The third kappa shape index (κ3) is 3.07. The van der Waals surface area contributed by atoms with Gasteiger partial charge in [0.25, 0.3) is 5.91 Å². The topological polar surface area (TPSA) is 32.8 Å². The number of carbonyl (C=O) groups excluding carboxylic acids is 1. The first-order valence-electron chi connectivity index (χ1n) is 5.69. The molecule has 86 valence electrons. The number of hydrogen-bond acceptors (Lipinski definition) is 2. The van der Waals surface area contributed by atoms with Gasteiger partial charge in [-0.15, -0.1) is 0 Å². The molecule has 1 heterocycles. The number of epoxide rings is 1. The fraction of sp³-hybridized carbons (Fsp3) is 0.462. The second kappa shape index (κ2) is 5.12. The zero-order valence-corrected chi connectivity index (χ0v) is 9.56. The minimum absolute atomic E-state index is 0.0947. The Balaban J connectivity index is 1.79. The normalized spacial score (nSPS) is 18.2. The van der Waals surface area contributed by atoms with E-state index in [2.05, 4.69) is 0 Å². The lowest BCUT2D eigenvalue weighted by Crippen LogP contribution is -2.27. The molecule has 0 aromatic heterocycles. The summed E-state index contributed by atoms with van der Waals surface area (Å²) in [6, 6.07) is 9.39. The molecule has 3 nitrogen and oxygen atoms in total. The van der Waals surface area contributed by atoms with Gasteiger partial charge in [-0.25, -0.2) is 0 Å². The highest BCUT2D eigenvalue weighted by atomic mass is 16.6. The summed E-state index contributed by atoms with van der Waals surface area (Å²) in [4.78, 5) is 13.7. The van der Waals surface area contributed by atoms with Crippen molar-refractivity contribution < 1.29 is 9.53 Å². The predicted octanol–water partition coefficient (Wildman–Crippen LogP) is 1.94. The van der Waals surface area contributed by atoms with Crippen LogP contribution in [0.15, 0.2) is 30.3 Å². The Morgan fingerprint density at radius 3 is 2.75 bits per heavy atom. The van der Waals surface area contributed by atoms with E-state index < -0.39 is 0 Å².